The molecule has 1 aromatic carbocycles. The molecule has 1 aliphatic heterocycles. The van der Waals surface area contributed by atoms with Crippen LogP contribution in [0.3, 0.4) is 0 Å². The molecule has 8 nitrogen and oxygen atoms in total. The van der Waals surface area contributed by atoms with Gasteiger partial charge in [-0.25, -0.2) is 4.79 Å². The molecule has 2 unspecified atom stereocenters. The Kier molecular flexibility index (Phi) is 11.6. The molecule has 32 heavy (non-hydrogen) atoms. The number of amides is 3. The van der Waals surface area contributed by atoms with Crippen LogP contribution in [0, 0.1) is 0 Å². The number of hydrogen-bond acceptors (Lipinski definition) is 5. The summed E-state index contributed by atoms with van der Waals surface area (Å²) < 4.78 is 5.35. The number of nitrogens with zero attached hydrogens (tertiary/aromatic N) is 1. The van der Waals surface area contributed by atoms with Crippen LogP contribution in [0.4, 0.5) is 4.79 Å². The zero-order valence-corrected chi connectivity index (χ0v) is 19.1. The minimum atomic E-state index is -1.04. The number of hydrogen-bond donors (Lipinski definition) is 3. The van der Waals surface area contributed by atoms with Crippen molar-refractivity contribution in [2.45, 2.75) is 77.0 Å². The number of likely N-dealkylation sites (tertiary alicyclic amines) is 1. The maximum Gasteiger partial charge on any atom is 0.410 e. The molecule has 0 aliphatic carbocycles. The molecular formula is C24H37N3O5. The van der Waals surface area contributed by atoms with Gasteiger partial charge in [0.1, 0.15) is 18.7 Å². The maximum absolute atomic E-state index is 12.7. The van der Waals surface area contributed by atoms with E-state index in [1.165, 1.54) is 24.2 Å². The van der Waals surface area contributed by atoms with Crippen LogP contribution < -0.4 is 10.6 Å². The van der Waals surface area contributed by atoms with Gasteiger partial charge in [0.05, 0.1) is 6.61 Å². The number of ether oxygens (including phenoxy) is 1. The van der Waals surface area contributed by atoms with E-state index in [-0.39, 0.29) is 6.61 Å². The van der Waals surface area contributed by atoms with Gasteiger partial charge in [0, 0.05) is 13.1 Å². The highest BCUT2D eigenvalue weighted by Gasteiger charge is 2.36. The van der Waals surface area contributed by atoms with E-state index in [0.717, 1.165) is 24.8 Å². The minimum absolute atomic E-state index is 0.130. The van der Waals surface area contributed by atoms with Crippen LogP contribution in [0.1, 0.15) is 63.9 Å². The van der Waals surface area contributed by atoms with E-state index < -0.39 is 36.6 Å². The Bertz CT molecular complexity index is 713. The molecule has 1 aliphatic rings. The Morgan fingerprint density at radius 1 is 1.12 bits per heavy atom. The summed E-state index contributed by atoms with van der Waals surface area (Å²) in [5.41, 5.74) is 0.864. The average Bonchev–Trinajstić information content (AvgIpc) is 3.31. The lowest BCUT2D eigenvalue weighted by Gasteiger charge is -2.25. The van der Waals surface area contributed by atoms with Gasteiger partial charge >= 0.3 is 6.09 Å². The number of unbranched alkanes of at least 4 members (excludes halogenated alkanes) is 5. The fourth-order valence-electron chi connectivity index (χ4n) is 3.76. The fourth-order valence-corrected chi connectivity index (χ4v) is 3.76. The molecule has 2 rings (SSSR count). The molecule has 2 atom stereocenters. The molecule has 3 N–H and O–H groups in total. The van der Waals surface area contributed by atoms with Crippen molar-refractivity contribution >= 4 is 17.9 Å². The summed E-state index contributed by atoms with van der Waals surface area (Å²) in [5, 5.41) is 15.0. The van der Waals surface area contributed by atoms with Gasteiger partial charge in [-0.05, 0) is 24.8 Å². The van der Waals surface area contributed by atoms with Crippen molar-refractivity contribution in [1.82, 2.24) is 15.5 Å². The molecule has 1 aromatic rings. The molecule has 1 heterocycles. The number of rotatable bonds is 13. The highest BCUT2D eigenvalue weighted by molar-refractivity contribution is 5.91. The monoisotopic (exact) mass is 447 g/mol. The van der Waals surface area contributed by atoms with Crippen molar-refractivity contribution in [2.75, 3.05) is 19.7 Å². The Hall–Kier alpha value is -2.61. The smallest absolute Gasteiger partial charge is 0.410 e. The predicted molar refractivity (Wildman–Crippen MR) is 122 cm³/mol. The van der Waals surface area contributed by atoms with Crippen LogP contribution in [-0.2, 0) is 20.9 Å². The first-order valence-electron chi connectivity index (χ1n) is 11.7. The summed E-state index contributed by atoms with van der Waals surface area (Å²) in [4.78, 5) is 39.0. The molecule has 178 valence electrons. The normalized spacial score (nSPS) is 16.4. The first kappa shape index (κ1) is 25.6. The molecule has 3 amide bonds. The molecule has 1 fully saturated rings. The zero-order chi connectivity index (χ0) is 23.2. The number of nitrogens with one attached hydrogen (secondary N) is 2. The minimum Gasteiger partial charge on any atom is -0.445 e. The van der Waals surface area contributed by atoms with Crippen molar-refractivity contribution in [3.05, 3.63) is 35.9 Å². The Morgan fingerprint density at radius 2 is 1.84 bits per heavy atom. The number of aliphatic hydroxyl groups excluding tert-OH is 1. The second kappa shape index (κ2) is 14.5. The van der Waals surface area contributed by atoms with Gasteiger partial charge in [-0.15, -0.1) is 0 Å². The van der Waals surface area contributed by atoms with Crippen molar-refractivity contribution in [3.8, 4) is 0 Å². The highest BCUT2D eigenvalue weighted by atomic mass is 16.6. The maximum atomic E-state index is 12.7. The third kappa shape index (κ3) is 8.49. The molecular weight excluding hydrogens is 410 g/mol. The first-order chi connectivity index (χ1) is 15.6. The van der Waals surface area contributed by atoms with Gasteiger partial charge in [0.2, 0.25) is 11.8 Å². The molecule has 0 radical (unpaired) electrons. The Morgan fingerprint density at radius 3 is 2.56 bits per heavy atom. The van der Waals surface area contributed by atoms with E-state index in [9.17, 15) is 19.5 Å². The Balaban J connectivity index is 1.76. The van der Waals surface area contributed by atoms with E-state index in [2.05, 4.69) is 17.6 Å². The number of aliphatic hydroxyl groups is 1. The average molecular weight is 448 g/mol. The molecule has 0 saturated carbocycles. The summed E-state index contributed by atoms with van der Waals surface area (Å²) in [7, 11) is 0. The summed E-state index contributed by atoms with van der Waals surface area (Å²) in [6.07, 6.45) is 7.27. The lowest BCUT2D eigenvalue weighted by Crippen LogP contribution is -2.54. The molecule has 0 aromatic heterocycles. The van der Waals surface area contributed by atoms with Crippen LogP contribution in [0.2, 0.25) is 0 Å². The number of carbonyl (C=O) groups is 3. The summed E-state index contributed by atoms with van der Waals surface area (Å²) in [6, 6.07) is 7.58. The largest absolute Gasteiger partial charge is 0.445 e. The van der Waals surface area contributed by atoms with Gasteiger partial charge in [-0.2, -0.15) is 0 Å². The standard InChI is InChI=1S/C24H37N3O5/c1-2-3-4-5-6-10-15-25-22(29)20(17-28)26-23(30)21-14-11-16-27(21)24(31)32-18-19-12-8-7-9-13-19/h7-9,12-13,20-21,28H,2-6,10-11,14-18H2,1H3,(H,25,29)(H,26,30). The van der Waals surface area contributed by atoms with Crippen LogP contribution in [-0.4, -0.2) is 59.7 Å². The lowest BCUT2D eigenvalue weighted by atomic mass is 10.1. The third-order valence-electron chi connectivity index (χ3n) is 5.64. The van der Waals surface area contributed by atoms with Gasteiger partial charge in [-0.1, -0.05) is 69.4 Å². The van der Waals surface area contributed by atoms with Crippen LogP contribution in [0.15, 0.2) is 30.3 Å². The van der Waals surface area contributed by atoms with Crippen molar-refractivity contribution in [2.24, 2.45) is 0 Å². The topological polar surface area (TPSA) is 108 Å². The summed E-state index contributed by atoms with van der Waals surface area (Å²) in [6.45, 7) is 2.73. The van der Waals surface area contributed by atoms with Gasteiger partial charge in [0.25, 0.3) is 0 Å². The van der Waals surface area contributed by atoms with E-state index in [1.807, 2.05) is 30.3 Å². The van der Waals surface area contributed by atoms with E-state index in [1.54, 1.807) is 0 Å². The SMILES string of the molecule is CCCCCCCCNC(=O)C(CO)NC(=O)C1CCCN1C(=O)OCc1ccccc1. The Labute approximate surface area is 190 Å². The summed E-state index contributed by atoms with van der Waals surface area (Å²) >= 11 is 0. The van der Waals surface area contributed by atoms with Crippen LogP contribution in [0.25, 0.3) is 0 Å². The van der Waals surface area contributed by atoms with Crippen molar-refractivity contribution in [1.29, 1.82) is 0 Å². The predicted octanol–water partition coefficient (Wildman–Crippen LogP) is 2.74. The quantitative estimate of drug-likeness (QED) is 0.403. The van der Waals surface area contributed by atoms with Gasteiger partial charge in [-0.3, -0.25) is 14.5 Å². The van der Waals surface area contributed by atoms with Gasteiger partial charge < -0.3 is 20.5 Å². The second-order valence-corrected chi connectivity index (χ2v) is 8.19. The van der Waals surface area contributed by atoms with Gasteiger partial charge in [0.15, 0.2) is 0 Å². The van der Waals surface area contributed by atoms with Crippen LogP contribution >= 0.6 is 0 Å². The molecule has 1 saturated heterocycles. The van der Waals surface area contributed by atoms with E-state index >= 15 is 0 Å². The first-order valence-corrected chi connectivity index (χ1v) is 11.7. The van der Waals surface area contributed by atoms with E-state index in [0.29, 0.717) is 25.9 Å². The zero-order valence-electron chi connectivity index (χ0n) is 19.1. The molecule has 0 spiro atoms. The number of benzene rings is 1. The second-order valence-electron chi connectivity index (χ2n) is 8.19. The molecule has 8 heteroatoms. The highest BCUT2D eigenvalue weighted by Crippen LogP contribution is 2.19. The summed E-state index contributed by atoms with van der Waals surface area (Å²) in [5.74, 6) is -0.862. The fraction of sp³-hybridized carbons (Fsp3) is 0.625. The lowest BCUT2D eigenvalue weighted by molar-refractivity contribution is -0.132. The van der Waals surface area contributed by atoms with Crippen molar-refractivity contribution < 1.29 is 24.2 Å². The van der Waals surface area contributed by atoms with Crippen molar-refractivity contribution in [3.63, 3.8) is 0 Å². The van der Waals surface area contributed by atoms with Crippen LogP contribution in [0.5, 0.6) is 0 Å². The number of carbonyl (C=O) groups excluding carboxylic acids is 3. The van der Waals surface area contributed by atoms with E-state index in [4.69, 9.17) is 4.74 Å². The third-order valence-corrected chi connectivity index (χ3v) is 5.64. The molecule has 0 bridgehead atoms.